The normalized spacial score (nSPS) is 11.4. The van der Waals surface area contributed by atoms with Crippen LogP contribution in [0.15, 0.2) is 52.9 Å². The second kappa shape index (κ2) is 6.39. The summed E-state index contributed by atoms with van der Waals surface area (Å²) in [5.74, 6) is -0.327. The van der Waals surface area contributed by atoms with Crippen LogP contribution in [-0.2, 0) is 6.18 Å². The van der Waals surface area contributed by atoms with Gasteiger partial charge in [-0.05, 0) is 36.4 Å². The van der Waals surface area contributed by atoms with E-state index in [0.29, 0.717) is 16.9 Å². The summed E-state index contributed by atoms with van der Waals surface area (Å²) in [4.78, 5) is 11.3. The first-order valence-corrected chi connectivity index (χ1v) is 7.23. The molecule has 0 amide bonds. The number of Topliss-reactive ketones (excluding diaryl/α,β-unsaturated/α-hetero) is 1. The van der Waals surface area contributed by atoms with Crippen LogP contribution in [0.5, 0.6) is 0 Å². The lowest BCUT2D eigenvalue weighted by Gasteiger charge is -2.11. The van der Waals surface area contributed by atoms with Crippen molar-refractivity contribution in [2.24, 2.45) is 0 Å². The van der Waals surface area contributed by atoms with Crippen molar-refractivity contribution in [1.82, 2.24) is 10.2 Å². The van der Waals surface area contributed by atoms with Crippen molar-refractivity contribution in [1.29, 1.82) is 0 Å². The molecule has 128 valence electrons. The van der Waals surface area contributed by atoms with Gasteiger partial charge in [-0.1, -0.05) is 12.1 Å². The van der Waals surface area contributed by atoms with Gasteiger partial charge in [-0.3, -0.25) is 4.79 Å². The molecule has 25 heavy (non-hydrogen) atoms. The van der Waals surface area contributed by atoms with Gasteiger partial charge in [0.15, 0.2) is 0 Å². The van der Waals surface area contributed by atoms with Crippen molar-refractivity contribution >= 4 is 17.2 Å². The van der Waals surface area contributed by atoms with Crippen LogP contribution in [0.2, 0.25) is 0 Å². The topological polar surface area (TPSA) is 68.0 Å². The van der Waals surface area contributed by atoms with Crippen LogP contribution in [-0.4, -0.2) is 16.0 Å². The summed E-state index contributed by atoms with van der Waals surface area (Å²) in [6.45, 7) is 1.31. The predicted octanol–water partition coefficient (Wildman–Crippen LogP) is 4.70. The van der Waals surface area contributed by atoms with Crippen LogP contribution < -0.4 is 5.32 Å². The van der Waals surface area contributed by atoms with E-state index in [1.165, 1.54) is 19.1 Å². The van der Waals surface area contributed by atoms with Crippen LogP contribution in [0.4, 0.5) is 24.5 Å². The molecule has 0 bridgehead atoms. The molecule has 0 radical (unpaired) electrons. The highest BCUT2D eigenvalue weighted by molar-refractivity contribution is 5.89. The smallest absolute Gasteiger partial charge is 0.413 e. The molecule has 3 rings (SSSR count). The average molecular weight is 347 g/mol. The Labute approximate surface area is 140 Å². The SMILES string of the molecule is CC(=O)c1nnc(-c2ccccc2Nc2ccc(C(F)(F)F)cc2)o1. The van der Waals surface area contributed by atoms with Gasteiger partial charge in [-0.2, -0.15) is 13.2 Å². The monoisotopic (exact) mass is 347 g/mol. The maximum atomic E-state index is 12.6. The van der Waals surface area contributed by atoms with Gasteiger partial charge in [0.1, 0.15) is 0 Å². The number of nitrogens with zero attached hydrogens (tertiary/aromatic N) is 2. The highest BCUT2D eigenvalue weighted by Gasteiger charge is 2.30. The van der Waals surface area contributed by atoms with E-state index < -0.39 is 11.7 Å². The molecule has 0 unspecified atom stereocenters. The third kappa shape index (κ3) is 3.68. The lowest BCUT2D eigenvalue weighted by atomic mass is 10.1. The fourth-order valence-electron chi connectivity index (χ4n) is 2.15. The van der Waals surface area contributed by atoms with Crippen molar-refractivity contribution in [3.05, 3.63) is 60.0 Å². The van der Waals surface area contributed by atoms with Crippen LogP contribution in [0.25, 0.3) is 11.5 Å². The number of para-hydroxylation sites is 1. The Morgan fingerprint density at radius 2 is 1.72 bits per heavy atom. The number of rotatable bonds is 4. The number of hydrogen-bond acceptors (Lipinski definition) is 5. The summed E-state index contributed by atoms with van der Waals surface area (Å²) in [5.41, 5.74) is 0.824. The summed E-state index contributed by atoms with van der Waals surface area (Å²) >= 11 is 0. The Bertz CT molecular complexity index is 902. The molecule has 5 nitrogen and oxygen atoms in total. The molecule has 0 aliphatic carbocycles. The van der Waals surface area contributed by atoms with Crippen molar-refractivity contribution in [3.8, 4) is 11.5 Å². The minimum atomic E-state index is -4.39. The molecule has 2 aromatic carbocycles. The van der Waals surface area contributed by atoms with E-state index in [1.54, 1.807) is 24.3 Å². The molecule has 3 aromatic rings. The van der Waals surface area contributed by atoms with Gasteiger partial charge < -0.3 is 9.73 Å². The molecule has 1 heterocycles. The number of hydrogen-bond donors (Lipinski definition) is 1. The fraction of sp³-hybridized carbons (Fsp3) is 0.118. The molecule has 0 aliphatic rings. The zero-order valence-corrected chi connectivity index (χ0v) is 13.0. The van der Waals surface area contributed by atoms with Crippen molar-refractivity contribution < 1.29 is 22.4 Å². The van der Waals surface area contributed by atoms with Crippen molar-refractivity contribution in [2.45, 2.75) is 13.1 Å². The fourth-order valence-corrected chi connectivity index (χ4v) is 2.15. The molecule has 0 saturated carbocycles. The van der Waals surface area contributed by atoms with E-state index in [0.717, 1.165) is 12.1 Å². The van der Waals surface area contributed by atoms with E-state index in [9.17, 15) is 18.0 Å². The van der Waals surface area contributed by atoms with Crippen LogP contribution in [0.3, 0.4) is 0 Å². The standard InChI is InChI=1S/C17H12F3N3O2/c1-10(24)15-22-23-16(25-15)13-4-2-3-5-14(13)21-12-8-6-11(7-9-12)17(18,19)20/h2-9,21H,1H3. The van der Waals surface area contributed by atoms with Crippen LogP contribution in [0, 0.1) is 0 Å². The van der Waals surface area contributed by atoms with Gasteiger partial charge in [0.2, 0.25) is 11.7 Å². The van der Waals surface area contributed by atoms with E-state index in [-0.39, 0.29) is 17.6 Å². The Hall–Kier alpha value is -3.16. The predicted molar refractivity (Wildman–Crippen MR) is 84.5 cm³/mol. The lowest BCUT2D eigenvalue weighted by Crippen LogP contribution is -2.04. The van der Waals surface area contributed by atoms with E-state index >= 15 is 0 Å². The first kappa shape index (κ1) is 16.7. The molecule has 8 heteroatoms. The number of alkyl halides is 3. The second-order valence-electron chi connectivity index (χ2n) is 5.21. The van der Waals surface area contributed by atoms with Crippen molar-refractivity contribution in [2.75, 3.05) is 5.32 Å². The zero-order chi connectivity index (χ0) is 18.0. The number of ketones is 1. The Morgan fingerprint density at radius 1 is 1.04 bits per heavy atom. The van der Waals surface area contributed by atoms with Crippen molar-refractivity contribution in [3.63, 3.8) is 0 Å². The van der Waals surface area contributed by atoms with Gasteiger partial charge in [0, 0.05) is 12.6 Å². The maximum absolute atomic E-state index is 12.6. The molecular weight excluding hydrogens is 335 g/mol. The molecule has 1 N–H and O–H groups in total. The minimum Gasteiger partial charge on any atom is -0.413 e. The number of aromatic nitrogens is 2. The number of halogens is 3. The Balaban J connectivity index is 1.89. The number of nitrogens with one attached hydrogen (secondary N) is 1. The van der Waals surface area contributed by atoms with Gasteiger partial charge in [0.25, 0.3) is 5.89 Å². The lowest BCUT2D eigenvalue weighted by molar-refractivity contribution is -0.137. The number of benzene rings is 2. The molecule has 0 saturated heterocycles. The van der Waals surface area contributed by atoms with Crippen LogP contribution >= 0.6 is 0 Å². The van der Waals surface area contributed by atoms with Gasteiger partial charge in [-0.25, -0.2) is 0 Å². The highest BCUT2D eigenvalue weighted by Crippen LogP contribution is 2.32. The summed E-state index contributed by atoms with van der Waals surface area (Å²) in [6.07, 6.45) is -4.39. The molecule has 0 atom stereocenters. The number of carbonyl (C=O) groups is 1. The Kier molecular flexibility index (Phi) is 4.26. The molecular formula is C17H12F3N3O2. The highest BCUT2D eigenvalue weighted by atomic mass is 19.4. The molecule has 0 spiro atoms. The third-order valence-corrected chi connectivity index (χ3v) is 3.37. The average Bonchev–Trinajstić information content (AvgIpc) is 3.05. The number of anilines is 2. The maximum Gasteiger partial charge on any atom is 0.416 e. The summed E-state index contributed by atoms with van der Waals surface area (Å²) < 4.78 is 43.2. The van der Waals surface area contributed by atoms with E-state index in [1.807, 2.05) is 0 Å². The summed E-state index contributed by atoms with van der Waals surface area (Å²) in [7, 11) is 0. The number of carbonyl (C=O) groups excluding carboxylic acids is 1. The van der Waals surface area contributed by atoms with Crippen LogP contribution in [0.1, 0.15) is 23.2 Å². The van der Waals surface area contributed by atoms with E-state index in [2.05, 4.69) is 15.5 Å². The molecule has 1 aromatic heterocycles. The second-order valence-corrected chi connectivity index (χ2v) is 5.21. The first-order valence-electron chi connectivity index (χ1n) is 7.23. The largest absolute Gasteiger partial charge is 0.416 e. The minimum absolute atomic E-state index is 0.112. The summed E-state index contributed by atoms with van der Waals surface area (Å²) in [5, 5.41) is 10.5. The first-order chi connectivity index (χ1) is 11.8. The summed E-state index contributed by atoms with van der Waals surface area (Å²) in [6, 6.07) is 11.5. The third-order valence-electron chi connectivity index (χ3n) is 3.37. The molecule has 0 aliphatic heterocycles. The van der Waals surface area contributed by atoms with Gasteiger partial charge in [-0.15, -0.1) is 10.2 Å². The quantitative estimate of drug-likeness (QED) is 0.693. The zero-order valence-electron chi connectivity index (χ0n) is 13.0. The Morgan fingerprint density at radius 3 is 2.32 bits per heavy atom. The van der Waals surface area contributed by atoms with E-state index in [4.69, 9.17) is 4.42 Å². The van der Waals surface area contributed by atoms with Gasteiger partial charge >= 0.3 is 6.18 Å². The van der Waals surface area contributed by atoms with Gasteiger partial charge in [0.05, 0.1) is 16.8 Å². The molecule has 0 fully saturated rings.